The molecule has 5 rings (SSSR count). The number of alkyl halides is 2. The predicted octanol–water partition coefficient (Wildman–Crippen LogP) is 5.06. The molecule has 0 atom stereocenters. The van der Waals surface area contributed by atoms with Crippen molar-refractivity contribution in [2.75, 3.05) is 33.3 Å². The second-order valence-electron chi connectivity index (χ2n) is 8.52. The van der Waals surface area contributed by atoms with Crippen molar-refractivity contribution in [1.29, 1.82) is 0 Å². The normalized spacial score (nSPS) is 14.5. The molecule has 186 valence electrons. The number of amides is 1. The molecule has 4 aromatic rings. The maximum atomic E-state index is 14.0. The minimum absolute atomic E-state index is 0.106. The first-order valence-corrected chi connectivity index (χ1v) is 12.3. The van der Waals surface area contributed by atoms with E-state index in [0.29, 0.717) is 43.2 Å². The van der Waals surface area contributed by atoms with Crippen LogP contribution in [0.4, 0.5) is 8.78 Å². The molecule has 0 aliphatic carbocycles. The van der Waals surface area contributed by atoms with Crippen LogP contribution in [-0.2, 0) is 6.54 Å². The molecular weight excluding hydrogens is 532 g/mol. The summed E-state index contributed by atoms with van der Waals surface area (Å²) in [4.78, 5) is 22.0. The Morgan fingerprint density at radius 3 is 2.53 bits per heavy atom. The number of hydrogen-bond donors (Lipinski definition) is 0. The Morgan fingerprint density at radius 2 is 1.81 bits per heavy atom. The van der Waals surface area contributed by atoms with E-state index in [2.05, 4.69) is 37.0 Å². The molecule has 1 saturated heterocycles. The first-order valence-electron chi connectivity index (χ1n) is 11.5. The quantitative estimate of drug-likeness (QED) is 0.332. The molecule has 0 saturated carbocycles. The van der Waals surface area contributed by atoms with Crippen LogP contribution in [0.15, 0.2) is 65.3 Å². The molecule has 3 heterocycles. The van der Waals surface area contributed by atoms with E-state index >= 15 is 0 Å². The van der Waals surface area contributed by atoms with Gasteiger partial charge in [-0.25, -0.2) is 18.3 Å². The van der Waals surface area contributed by atoms with Crippen LogP contribution < -0.4 is 4.74 Å². The first-order chi connectivity index (χ1) is 17.5. The number of carbonyl (C=O) groups excluding carboxylic acids is 1. The van der Waals surface area contributed by atoms with Crippen LogP contribution in [0.3, 0.4) is 0 Å². The zero-order valence-corrected chi connectivity index (χ0v) is 21.2. The number of ether oxygens (including phenoxy) is 1. The van der Waals surface area contributed by atoms with E-state index in [1.807, 2.05) is 18.2 Å². The molecule has 7 nitrogen and oxygen atoms in total. The molecular formula is C26H24BrF2N5O2. The summed E-state index contributed by atoms with van der Waals surface area (Å²) in [5, 5.41) is 4.09. The van der Waals surface area contributed by atoms with Gasteiger partial charge in [0.05, 0.1) is 19.0 Å². The van der Waals surface area contributed by atoms with E-state index in [0.717, 1.165) is 15.5 Å². The van der Waals surface area contributed by atoms with Gasteiger partial charge in [0.1, 0.15) is 17.0 Å². The predicted molar refractivity (Wildman–Crippen MR) is 135 cm³/mol. The van der Waals surface area contributed by atoms with E-state index in [-0.39, 0.29) is 22.8 Å². The highest BCUT2D eigenvalue weighted by Gasteiger charge is 2.27. The zero-order chi connectivity index (χ0) is 25.2. The molecule has 0 N–H and O–H groups in total. The third kappa shape index (κ3) is 4.70. The molecule has 10 heteroatoms. The fraction of sp³-hybridized carbons (Fsp3) is 0.269. The molecule has 0 radical (unpaired) electrons. The van der Waals surface area contributed by atoms with Gasteiger partial charge in [-0.05, 0) is 29.8 Å². The number of methoxy groups -OCH3 is 1. The van der Waals surface area contributed by atoms with E-state index in [4.69, 9.17) is 4.74 Å². The average molecular weight is 556 g/mol. The number of benzene rings is 2. The van der Waals surface area contributed by atoms with E-state index in [1.165, 1.54) is 24.9 Å². The van der Waals surface area contributed by atoms with Gasteiger partial charge in [-0.3, -0.25) is 9.69 Å². The van der Waals surface area contributed by atoms with Crippen molar-refractivity contribution in [2.45, 2.75) is 13.0 Å². The summed E-state index contributed by atoms with van der Waals surface area (Å²) in [5.74, 6) is 0.235. The highest BCUT2D eigenvalue weighted by atomic mass is 79.9. The number of nitrogens with zero attached hydrogens (tertiary/aromatic N) is 5. The summed E-state index contributed by atoms with van der Waals surface area (Å²) in [7, 11) is 1.51. The Labute approximate surface area is 215 Å². The highest BCUT2D eigenvalue weighted by Crippen LogP contribution is 2.32. The second-order valence-corrected chi connectivity index (χ2v) is 9.37. The van der Waals surface area contributed by atoms with Crippen molar-refractivity contribution in [2.24, 2.45) is 0 Å². The Bertz CT molecular complexity index is 1400. The summed E-state index contributed by atoms with van der Waals surface area (Å²) in [6.45, 7) is 3.23. The average Bonchev–Trinajstić information content (AvgIpc) is 3.33. The second kappa shape index (κ2) is 10.3. The number of rotatable bonds is 6. The summed E-state index contributed by atoms with van der Waals surface area (Å²) in [6.07, 6.45) is -1.47. The molecule has 0 bridgehead atoms. The van der Waals surface area contributed by atoms with Crippen LogP contribution in [0.1, 0.15) is 28.0 Å². The summed E-state index contributed by atoms with van der Waals surface area (Å²) in [6, 6.07) is 16.4. The molecule has 0 unspecified atom stereocenters. The standard InChI is InChI=1S/C26H24BrF2N5O2/c1-36-23-9-5-3-7-18(23)21-14-22(24(28)29)34-25(31-21)19(15-30-34)26(35)33-12-10-32(11-13-33)16-17-6-2-4-8-20(17)27/h2-9,14-15,24H,10-13,16H2,1H3. The SMILES string of the molecule is COc1ccccc1-c1cc(C(F)F)n2ncc(C(=O)N3CCN(Cc4ccccc4Br)CC3)c2n1. The van der Waals surface area contributed by atoms with Crippen molar-refractivity contribution in [3.05, 3.63) is 82.1 Å². The van der Waals surface area contributed by atoms with Gasteiger partial charge in [-0.2, -0.15) is 5.10 Å². The topological polar surface area (TPSA) is 63.0 Å². The maximum absolute atomic E-state index is 14.0. The van der Waals surface area contributed by atoms with Gasteiger partial charge in [0.2, 0.25) is 0 Å². The summed E-state index contributed by atoms with van der Waals surface area (Å²) < 4.78 is 35.4. The number of aromatic nitrogens is 3. The zero-order valence-electron chi connectivity index (χ0n) is 19.6. The Morgan fingerprint density at radius 1 is 1.08 bits per heavy atom. The number of piperazine rings is 1. The smallest absolute Gasteiger partial charge is 0.280 e. The van der Waals surface area contributed by atoms with Crippen LogP contribution in [0, 0.1) is 0 Å². The first kappa shape index (κ1) is 24.3. The van der Waals surface area contributed by atoms with E-state index in [1.54, 1.807) is 29.2 Å². The van der Waals surface area contributed by atoms with Crippen molar-refractivity contribution in [3.8, 4) is 17.0 Å². The third-order valence-electron chi connectivity index (χ3n) is 6.35. The fourth-order valence-corrected chi connectivity index (χ4v) is 4.84. The van der Waals surface area contributed by atoms with Crippen LogP contribution in [0.25, 0.3) is 16.9 Å². The van der Waals surface area contributed by atoms with Crippen LogP contribution in [0.5, 0.6) is 5.75 Å². The summed E-state index contributed by atoms with van der Waals surface area (Å²) in [5.41, 5.74) is 2.01. The van der Waals surface area contributed by atoms with Crippen molar-refractivity contribution >= 4 is 27.5 Å². The lowest BCUT2D eigenvalue weighted by atomic mass is 10.1. The Balaban J connectivity index is 1.41. The van der Waals surface area contributed by atoms with Crippen LogP contribution in [-0.4, -0.2) is 63.6 Å². The van der Waals surface area contributed by atoms with Gasteiger partial charge in [0.15, 0.2) is 5.65 Å². The van der Waals surface area contributed by atoms with Gasteiger partial charge < -0.3 is 9.64 Å². The minimum Gasteiger partial charge on any atom is -0.496 e. The molecule has 0 spiro atoms. The number of para-hydroxylation sites is 1. The van der Waals surface area contributed by atoms with Gasteiger partial charge in [0.25, 0.3) is 12.3 Å². The highest BCUT2D eigenvalue weighted by molar-refractivity contribution is 9.10. The molecule has 2 aromatic heterocycles. The third-order valence-corrected chi connectivity index (χ3v) is 7.12. The molecule has 36 heavy (non-hydrogen) atoms. The monoisotopic (exact) mass is 555 g/mol. The largest absolute Gasteiger partial charge is 0.496 e. The summed E-state index contributed by atoms with van der Waals surface area (Å²) >= 11 is 3.59. The van der Waals surface area contributed by atoms with Crippen molar-refractivity contribution in [3.63, 3.8) is 0 Å². The van der Waals surface area contributed by atoms with E-state index < -0.39 is 6.43 Å². The molecule has 1 fully saturated rings. The minimum atomic E-state index is -2.80. The van der Waals surface area contributed by atoms with Crippen LogP contribution in [0.2, 0.25) is 0 Å². The lowest BCUT2D eigenvalue weighted by Gasteiger charge is -2.34. The van der Waals surface area contributed by atoms with Crippen molar-refractivity contribution in [1.82, 2.24) is 24.4 Å². The fourth-order valence-electron chi connectivity index (χ4n) is 4.43. The van der Waals surface area contributed by atoms with Gasteiger partial charge >= 0.3 is 0 Å². The number of hydrogen-bond acceptors (Lipinski definition) is 5. The maximum Gasteiger partial charge on any atom is 0.280 e. The number of carbonyl (C=O) groups is 1. The number of fused-ring (bicyclic) bond motifs is 1. The van der Waals surface area contributed by atoms with Gasteiger partial charge in [-0.1, -0.05) is 46.3 Å². The number of halogens is 3. The Hall–Kier alpha value is -3.37. The molecule has 1 aliphatic heterocycles. The lowest BCUT2D eigenvalue weighted by Crippen LogP contribution is -2.48. The Kier molecular flexibility index (Phi) is 6.97. The molecule has 2 aromatic carbocycles. The van der Waals surface area contributed by atoms with E-state index in [9.17, 15) is 13.6 Å². The van der Waals surface area contributed by atoms with Crippen molar-refractivity contribution < 1.29 is 18.3 Å². The molecule has 1 aliphatic rings. The van der Waals surface area contributed by atoms with Gasteiger partial charge in [-0.15, -0.1) is 0 Å². The van der Waals surface area contributed by atoms with Crippen LogP contribution >= 0.6 is 15.9 Å². The van der Waals surface area contributed by atoms with Gasteiger partial charge in [0, 0.05) is 42.8 Å². The molecule has 1 amide bonds. The lowest BCUT2D eigenvalue weighted by molar-refractivity contribution is 0.0629.